The summed E-state index contributed by atoms with van der Waals surface area (Å²) in [5, 5.41) is 13.1. The number of fused-ring (bicyclic) bond motifs is 1. The van der Waals surface area contributed by atoms with E-state index in [1.54, 1.807) is 0 Å². The Kier molecular flexibility index (Phi) is 10.3. The van der Waals surface area contributed by atoms with Crippen LogP contribution in [-0.2, 0) is 30.3 Å². The topological polar surface area (TPSA) is 168 Å². The second kappa shape index (κ2) is 14.7. The third-order valence-electron chi connectivity index (χ3n) is 8.34. The zero-order chi connectivity index (χ0) is 31.8. The summed E-state index contributed by atoms with van der Waals surface area (Å²) in [6.45, 7) is 0.577. The average Bonchev–Trinajstić information content (AvgIpc) is 3.89. The van der Waals surface area contributed by atoms with Gasteiger partial charge in [0.05, 0.1) is 13.3 Å². The number of esters is 1. The molecule has 0 radical (unpaired) electrons. The summed E-state index contributed by atoms with van der Waals surface area (Å²) in [4.78, 5) is 73.8. The van der Waals surface area contributed by atoms with Gasteiger partial charge >= 0.3 is 5.97 Å². The molecule has 2 aromatic carbocycles. The lowest BCUT2D eigenvalue weighted by Gasteiger charge is -2.28. The van der Waals surface area contributed by atoms with E-state index in [4.69, 9.17) is 4.74 Å². The van der Waals surface area contributed by atoms with E-state index in [0.29, 0.717) is 19.4 Å². The number of carbonyl (C=O) groups excluding carboxylic acids is 5. The minimum absolute atomic E-state index is 0.0492. The van der Waals surface area contributed by atoms with Crippen molar-refractivity contribution >= 4 is 40.4 Å². The predicted molar refractivity (Wildman–Crippen MR) is 165 cm³/mol. The van der Waals surface area contributed by atoms with Crippen molar-refractivity contribution in [1.29, 1.82) is 0 Å². The Morgan fingerprint density at radius 2 is 1.67 bits per heavy atom. The van der Waals surface area contributed by atoms with E-state index in [2.05, 4.69) is 31.2 Å². The summed E-state index contributed by atoms with van der Waals surface area (Å²) in [6, 6.07) is 10.4. The highest BCUT2D eigenvalue weighted by molar-refractivity contribution is 5.98. The minimum atomic E-state index is -1.06. The molecule has 2 fully saturated rings. The van der Waals surface area contributed by atoms with E-state index < -0.39 is 47.7 Å². The van der Waals surface area contributed by atoms with Crippen LogP contribution in [-0.4, -0.2) is 71.3 Å². The van der Waals surface area contributed by atoms with Gasteiger partial charge in [0.25, 0.3) is 5.91 Å². The molecule has 45 heavy (non-hydrogen) atoms. The summed E-state index contributed by atoms with van der Waals surface area (Å²) in [5.74, 6) is -2.71. The molecular weight excluding hydrogens is 576 g/mol. The highest BCUT2D eigenvalue weighted by atomic mass is 16.5. The van der Waals surface area contributed by atoms with Gasteiger partial charge in [-0.05, 0) is 47.9 Å². The van der Waals surface area contributed by atoms with E-state index in [9.17, 15) is 24.0 Å². The van der Waals surface area contributed by atoms with E-state index in [1.807, 2.05) is 42.5 Å². The fraction of sp³-hybridized carbons (Fsp3) is 0.424. The zero-order valence-electron chi connectivity index (χ0n) is 25.2. The summed E-state index contributed by atoms with van der Waals surface area (Å²) >= 11 is 0. The molecule has 2 aliphatic rings. The van der Waals surface area contributed by atoms with E-state index in [-0.39, 0.29) is 30.4 Å². The quantitative estimate of drug-likeness (QED) is 0.212. The number of methoxy groups -OCH3 is 1. The number of nitrogens with one attached hydrogen (secondary N) is 4. The van der Waals surface area contributed by atoms with Crippen molar-refractivity contribution in [3.05, 3.63) is 72.3 Å². The van der Waals surface area contributed by atoms with Crippen molar-refractivity contribution in [1.82, 2.24) is 31.2 Å². The van der Waals surface area contributed by atoms with Crippen LogP contribution in [0.2, 0.25) is 0 Å². The van der Waals surface area contributed by atoms with Crippen LogP contribution >= 0.6 is 0 Å². The van der Waals surface area contributed by atoms with Gasteiger partial charge in [-0.2, -0.15) is 0 Å². The first kappa shape index (κ1) is 31.6. The number of benzene rings is 2. The molecule has 1 saturated carbocycles. The average molecular weight is 615 g/mol. The molecule has 0 spiro atoms. The third-order valence-corrected chi connectivity index (χ3v) is 8.34. The van der Waals surface area contributed by atoms with Gasteiger partial charge in [0.15, 0.2) is 0 Å². The van der Waals surface area contributed by atoms with Crippen LogP contribution in [0.1, 0.15) is 54.6 Å². The molecule has 1 aliphatic carbocycles. The fourth-order valence-corrected chi connectivity index (χ4v) is 5.71. The molecule has 4 N–H and O–H groups in total. The lowest BCUT2D eigenvalue weighted by atomic mass is 9.91. The molecule has 12 nitrogen and oxygen atoms in total. The molecule has 0 unspecified atom stereocenters. The molecule has 2 heterocycles. The minimum Gasteiger partial charge on any atom is -0.467 e. The Hall–Kier alpha value is -4.87. The Morgan fingerprint density at radius 3 is 2.40 bits per heavy atom. The first-order valence-electron chi connectivity index (χ1n) is 15.3. The number of nitrogens with zero attached hydrogens (tertiary/aromatic N) is 2. The summed E-state index contributed by atoms with van der Waals surface area (Å²) < 4.78 is 4.94. The second-order valence-corrected chi connectivity index (χ2v) is 11.6. The SMILES string of the molecule is COC(=O)[C@H](C[C@@H]1CCCNC1=O)NC(=O)[C@H](CC1CC1)NC(=O)[C@H](Cc1cccc2ccccc12)NC(=O)c1cnccn1. The molecule has 236 valence electrons. The Balaban J connectivity index is 1.36. The molecule has 1 aliphatic heterocycles. The maximum absolute atomic E-state index is 13.9. The van der Waals surface area contributed by atoms with Crippen molar-refractivity contribution < 1.29 is 28.7 Å². The normalized spacial score (nSPS) is 18.2. The number of hydrogen-bond donors (Lipinski definition) is 4. The van der Waals surface area contributed by atoms with Gasteiger partial charge in [0, 0.05) is 31.3 Å². The molecule has 4 atom stereocenters. The van der Waals surface area contributed by atoms with Crippen LogP contribution in [0.15, 0.2) is 61.1 Å². The number of hydrogen-bond acceptors (Lipinski definition) is 8. The van der Waals surface area contributed by atoms with E-state index in [1.165, 1.54) is 25.7 Å². The fourth-order valence-electron chi connectivity index (χ4n) is 5.71. The molecular formula is C33H38N6O6. The van der Waals surface area contributed by atoms with Crippen molar-refractivity contribution in [2.45, 2.75) is 63.1 Å². The molecule has 0 bridgehead atoms. The number of amides is 4. The molecule has 3 aromatic rings. The first-order valence-corrected chi connectivity index (χ1v) is 15.3. The van der Waals surface area contributed by atoms with Crippen molar-refractivity contribution in [3.63, 3.8) is 0 Å². The summed E-state index contributed by atoms with van der Waals surface area (Å²) in [5.41, 5.74) is 0.889. The zero-order valence-corrected chi connectivity index (χ0v) is 25.2. The first-order chi connectivity index (χ1) is 21.8. The Morgan fingerprint density at radius 1 is 0.911 bits per heavy atom. The molecule has 4 amide bonds. The van der Waals surface area contributed by atoms with Crippen LogP contribution < -0.4 is 21.3 Å². The smallest absolute Gasteiger partial charge is 0.328 e. The van der Waals surface area contributed by atoms with E-state index >= 15 is 0 Å². The second-order valence-electron chi connectivity index (χ2n) is 11.6. The molecule has 1 aromatic heterocycles. The standard InChI is InChI=1S/C33H38N6O6/c1-45-33(44)27(18-23-9-5-13-36-29(23)40)39-30(41)25(16-20-11-12-20)37-31(42)26(38-32(43)28-19-34-14-15-35-28)17-22-8-4-7-21-6-2-3-10-24(21)22/h2-4,6-8,10,14-15,19-20,23,25-27H,5,9,11-13,16-18H2,1H3,(H,36,40)(H,37,42)(H,38,43)(H,39,41)/t23-,25-,26-,27-/m0/s1. The molecule has 1 saturated heterocycles. The van der Waals surface area contributed by atoms with Gasteiger partial charge in [-0.15, -0.1) is 0 Å². The van der Waals surface area contributed by atoms with Crippen LogP contribution in [0.25, 0.3) is 10.8 Å². The van der Waals surface area contributed by atoms with Crippen LogP contribution in [0.4, 0.5) is 0 Å². The van der Waals surface area contributed by atoms with Crippen LogP contribution in [0.3, 0.4) is 0 Å². The maximum Gasteiger partial charge on any atom is 0.328 e. The van der Waals surface area contributed by atoms with Crippen LogP contribution in [0, 0.1) is 11.8 Å². The number of rotatable bonds is 13. The lowest BCUT2D eigenvalue weighted by molar-refractivity contribution is -0.146. The number of carbonyl (C=O) groups is 5. The van der Waals surface area contributed by atoms with Crippen molar-refractivity contribution in [3.8, 4) is 0 Å². The third kappa shape index (κ3) is 8.40. The van der Waals surface area contributed by atoms with Gasteiger partial charge in [0.1, 0.15) is 23.8 Å². The number of piperidine rings is 1. The van der Waals surface area contributed by atoms with Gasteiger partial charge in [-0.3, -0.25) is 24.2 Å². The maximum atomic E-state index is 13.9. The summed E-state index contributed by atoms with van der Waals surface area (Å²) in [6.07, 6.45) is 7.97. The Labute approximate surface area is 261 Å². The Bertz CT molecular complexity index is 1540. The predicted octanol–water partition coefficient (Wildman–Crippen LogP) is 1.83. The van der Waals surface area contributed by atoms with Crippen LogP contribution in [0.5, 0.6) is 0 Å². The van der Waals surface area contributed by atoms with Crippen molar-refractivity contribution in [2.75, 3.05) is 13.7 Å². The number of ether oxygens (including phenoxy) is 1. The number of aromatic nitrogens is 2. The summed E-state index contributed by atoms with van der Waals surface area (Å²) in [7, 11) is 1.23. The van der Waals surface area contributed by atoms with E-state index in [0.717, 1.165) is 35.6 Å². The van der Waals surface area contributed by atoms with Gasteiger partial charge in [-0.25, -0.2) is 9.78 Å². The largest absolute Gasteiger partial charge is 0.467 e. The molecule has 12 heteroatoms. The lowest BCUT2D eigenvalue weighted by Crippen LogP contribution is -2.57. The van der Waals surface area contributed by atoms with Gasteiger partial charge < -0.3 is 26.0 Å². The molecule has 5 rings (SSSR count). The van der Waals surface area contributed by atoms with Crippen molar-refractivity contribution in [2.24, 2.45) is 11.8 Å². The highest BCUT2D eigenvalue weighted by Gasteiger charge is 2.36. The monoisotopic (exact) mass is 614 g/mol. The van der Waals surface area contributed by atoms with Gasteiger partial charge in [0.2, 0.25) is 17.7 Å². The van der Waals surface area contributed by atoms with Gasteiger partial charge in [-0.1, -0.05) is 55.3 Å². The highest BCUT2D eigenvalue weighted by Crippen LogP contribution is 2.33.